The minimum atomic E-state index is -1.22. The van der Waals surface area contributed by atoms with Crippen LogP contribution in [0.25, 0.3) is 11.2 Å². The number of aliphatic hydroxyl groups is 4. The van der Waals surface area contributed by atoms with Crippen molar-refractivity contribution in [3.63, 3.8) is 0 Å². The van der Waals surface area contributed by atoms with Crippen LogP contribution in [-0.2, 0) is 19.2 Å². The molecule has 23 nitrogen and oxygen atoms in total. The SMILES string of the molecule is CCC(=O)N[C@H]1C[C@@H](n2cnc3c(NCC(c4ccccc4)c4ccccc4)nc(N4CC[C@@H](NC(=O)CCC(=O)N[C@@H]5CCN(c6nc(NCC(c7ccccc7)c7ccccc7)c7c(n6)C([C@@H]6C[C@H](NC(=O)CC)[C@@H](O)[C@H]6O)C=N7)C5)C4)nc32)[C@H](O)[C@@H]1O. The predicted molar refractivity (Wildman–Crippen MR) is 342 cm³/mol. The molecule has 4 fully saturated rings. The van der Waals surface area contributed by atoms with Crippen molar-refractivity contribution in [3.05, 3.63) is 156 Å². The van der Waals surface area contributed by atoms with Crippen LogP contribution in [0.2, 0.25) is 0 Å². The molecule has 0 spiro atoms. The van der Waals surface area contributed by atoms with Gasteiger partial charge < -0.3 is 66.7 Å². The van der Waals surface area contributed by atoms with E-state index in [1.54, 1.807) is 31.0 Å². The first-order chi connectivity index (χ1) is 43.8. The van der Waals surface area contributed by atoms with Gasteiger partial charge in [0.1, 0.15) is 24.0 Å². The number of fused-ring (bicyclic) bond motifs is 2. The van der Waals surface area contributed by atoms with Gasteiger partial charge in [0.15, 0.2) is 22.8 Å². The Balaban J connectivity index is 0.706. The zero-order chi connectivity index (χ0) is 62.4. The molecule has 3 aromatic heterocycles. The number of carbonyl (C=O) groups excluding carboxylic acids is 4. The molecule has 2 saturated heterocycles. The smallest absolute Gasteiger partial charge is 0.229 e. The number of nitrogens with one attached hydrogen (secondary N) is 6. The molecule has 2 saturated carbocycles. The van der Waals surface area contributed by atoms with Crippen LogP contribution in [0.3, 0.4) is 0 Å². The Hall–Kier alpha value is -8.90. The Kier molecular flexibility index (Phi) is 18.7. The second-order valence-corrected chi connectivity index (χ2v) is 24.3. The zero-order valence-corrected chi connectivity index (χ0v) is 50.6. The number of anilines is 4. The summed E-state index contributed by atoms with van der Waals surface area (Å²) in [7, 11) is 0. The molecule has 0 bridgehead atoms. The summed E-state index contributed by atoms with van der Waals surface area (Å²) in [4.78, 5) is 86.2. The van der Waals surface area contributed by atoms with E-state index in [1.807, 2.05) is 82.6 Å². The molecule has 0 radical (unpaired) electrons. The van der Waals surface area contributed by atoms with Gasteiger partial charge >= 0.3 is 0 Å². The van der Waals surface area contributed by atoms with Gasteiger partial charge in [-0.3, -0.25) is 24.2 Å². The van der Waals surface area contributed by atoms with Gasteiger partial charge in [-0.05, 0) is 47.9 Å². The van der Waals surface area contributed by atoms with Crippen LogP contribution in [0.4, 0.5) is 29.2 Å². The van der Waals surface area contributed by atoms with Crippen LogP contribution in [0, 0.1) is 5.92 Å². The number of amides is 4. The summed E-state index contributed by atoms with van der Waals surface area (Å²) in [6.07, 6.45) is 0.799. The number of hydrogen-bond acceptors (Lipinski definition) is 18. The van der Waals surface area contributed by atoms with E-state index in [1.165, 1.54) is 0 Å². The zero-order valence-electron chi connectivity index (χ0n) is 50.6. The lowest BCUT2D eigenvalue weighted by molar-refractivity contribution is -0.127. The Morgan fingerprint density at radius 2 is 1.01 bits per heavy atom. The first kappa shape index (κ1) is 61.3. The van der Waals surface area contributed by atoms with E-state index >= 15 is 0 Å². The van der Waals surface area contributed by atoms with Crippen molar-refractivity contribution in [3.8, 4) is 0 Å². The monoisotopic (exact) mass is 1220 g/mol. The number of imidazole rings is 1. The highest BCUT2D eigenvalue weighted by atomic mass is 16.3. The number of aliphatic hydroxyl groups excluding tert-OH is 4. The lowest BCUT2D eigenvalue weighted by Crippen LogP contribution is -2.42. The minimum absolute atomic E-state index is 0.0308. The molecule has 6 heterocycles. The summed E-state index contributed by atoms with van der Waals surface area (Å²) in [5, 5.41) is 64.4. The van der Waals surface area contributed by atoms with Crippen molar-refractivity contribution in [1.29, 1.82) is 0 Å². The number of aliphatic imine (C=N–C) groups is 1. The van der Waals surface area contributed by atoms with E-state index in [0.717, 1.165) is 22.3 Å². The largest absolute Gasteiger partial charge is 0.390 e. The van der Waals surface area contributed by atoms with Gasteiger partial charge in [-0.2, -0.15) is 15.0 Å². The van der Waals surface area contributed by atoms with Gasteiger partial charge in [-0.1, -0.05) is 135 Å². The number of aromatic nitrogens is 6. The van der Waals surface area contributed by atoms with Crippen LogP contribution in [0.5, 0.6) is 0 Å². The van der Waals surface area contributed by atoms with Gasteiger partial charge in [0, 0.05) is 107 Å². The molecule has 4 amide bonds. The molecule has 4 aromatic carbocycles. The standard InChI is InChI=1S/C67H79N15O8/c1-3-52(83)74-49-31-45(59(87)60(49)88)48-35-68-57-56(48)76-66(77-63(57)69-33-46(39-17-9-5-10-18-39)40-19-11-6-12-20-40)80-29-27-43(36-80)72-54(85)25-26-55(86)73-44-28-30-81(37-44)67-78-64(70-34-47(41-21-13-7-14-22-41)42-23-15-8-16-24-42)58-65(79-67)82(38-71-58)51-32-50(61(89)62(51)90)75-53(84)4-2/h5-24,35,38,43-51,59-62,87-90H,3-4,25-34,36-37H2,1-2H3,(H,72,85)(H,73,86)(H,74,83)(H,75,84)(H,69,76,77)(H,70,78,79)/t43-,44-,45+,48?,49+,50+,51-,59+,60-,61-,62+/m1/s1. The molecular weight excluding hydrogens is 1140 g/mol. The maximum Gasteiger partial charge on any atom is 0.229 e. The maximum absolute atomic E-state index is 13.7. The van der Waals surface area contributed by atoms with Gasteiger partial charge in [0.2, 0.25) is 35.5 Å². The number of benzene rings is 4. The first-order valence-electron chi connectivity index (χ1n) is 31.6. The van der Waals surface area contributed by atoms with Crippen LogP contribution < -0.4 is 41.7 Å². The summed E-state index contributed by atoms with van der Waals surface area (Å²) >= 11 is 0. The van der Waals surface area contributed by atoms with Gasteiger partial charge in [0.05, 0.1) is 36.3 Å². The van der Waals surface area contributed by atoms with Gasteiger partial charge in [-0.15, -0.1) is 0 Å². The number of hydrogen-bond donors (Lipinski definition) is 10. The lowest BCUT2D eigenvalue weighted by Gasteiger charge is -2.24. The van der Waals surface area contributed by atoms with Gasteiger partial charge in [0.25, 0.3) is 0 Å². The van der Waals surface area contributed by atoms with E-state index in [0.29, 0.717) is 105 Å². The Labute approximate surface area is 522 Å². The summed E-state index contributed by atoms with van der Waals surface area (Å²) in [5.74, 6) is -0.225. The fourth-order valence-corrected chi connectivity index (χ4v) is 13.6. The predicted octanol–water partition coefficient (Wildman–Crippen LogP) is 4.97. The summed E-state index contributed by atoms with van der Waals surface area (Å²) in [6, 6.07) is 38.4. The minimum Gasteiger partial charge on any atom is -0.390 e. The van der Waals surface area contributed by atoms with Crippen molar-refractivity contribution >= 4 is 70.2 Å². The molecule has 90 heavy (non-hydrogen) atoms. The van der Waals surface area contributed by atoms with Crippen molar-refractivity contribution in [1.82, 2.24) is 50.8 Å². The van der Waals surface area contributed by atoms with Crippen LogP contribution in [-0.4, -0.2) is 168 Å². The fourth-order valence-electron chi connectivity index (χ4n) is 13.6. The molecule has 23 heteroatoms. The lowest BCUT2D eigenvalue weighted by atomic mass is 9.87. The average Bonchev–Trinajstić information content (AvgIpc) is 1.67. The Bertz CT molecular complexity index is 3600. The second kappa shape index (κ2) is 27.5. The van der Waals surface area contributed by atoms with Crippen molar-refractivity contribution in [2.45, 2.75) is 138 Å². The third-order valence-corrected chi connectivity index (χ3v) is 18.5. The number of rotatable bonds is 23. The summed E-state index contributed by atoms with van der Waals surface area (Å²) in [5.41, 5.74) is 6.52. The van der Waals surface area contributed by atoms with E-state index in [9.17, 15) is 39.6 Å². The van der Waals surface area contributed by atoms with E-state index in [2.05, 4.69) is 80.4 Å². The quantitative estimate of drug-likeness (QED) is 0.0404. The topological polar surface area (TPSA) is 310 Å². The summed E-state index contributed by atoms with van der Waals surface area (Å²) in [6.45, 7) is 6.24. The Morgan fingerprint density at radius 1 is 0.544 bits per heavy atom. The fraction of sp³-hybridized carbons (Fsp3) is 0.433. The molecule has 2 aliphatic carbocycles. The van der Waals surface area contributed by atoms with Crippen molar-refractivity contribution < 1.29 is 39.6 Å². The molecule has 12 rings (SSSR count). The third kappa shape index (κ3) is 13.4. The third-order valence-electron chi connectivity index (χ3n) is 18.5. The van der Waals surface area contributed by atoms with Crippen molar-refractivity contribution in [2.24, 2.45) is 10.9 Å². The van der Waals surface area contributed by atoms with Crippen LogP contribution in [0.1, 0.15) is 117 Å². The Morgan fingerprint density at radius 3 is 1.52 bits per heavy atom. The molecule has 470 valence electrons. The molecule has 3 aliphatic heterocycles. The highest BCUT2D eigenvalue weighted by Crippen LogP contribution is 2.46. The van der Waals surface area contributed by atoms with Crippen LogP contribution >= 0.6 is 0 Å². The average molecular weight is 1220 g/mol. The molecular formula is C67H79N15O8. The molecule has 10 N–H and O–H groups in total. The second-order valence-electron chi connectivity index (χ2n) is 24.3. The van der Waals surface area contributed by atoms with Crippen LogP contribution in [0.15, 0.2) is 133 Å². The molecule has 7 aromatic rings. The van der Waals surface area contributed by atoms with Crippen molar-refractivity contribution in [2.75, 3.05) is 59.7 Å². The highest BCUT2D eigenvalue weighted by Gasteiger charge is 2.48. The first-order valence-corrected chi connectivity index (χ1v) is 31.6. The number of nitrogens with zero attached hydrogens (tertiary/aromatic N) is 9. The van der Waals surface area contributed by atoms with E-state index in [-0.39, 0.29) is 79.7 Å². The van der Waals surface area contributed by atoms with E-state index in [4.69, 9.17) is 29.9 Å². The highest BCUT2D eigenvalue weighted by molar-refractivity contribution is 5.87. The molecule has 11 atom stereocenters. The summed E-state index contributed by atoms with van der Waals surface area (Å²) < 4.78 is 1.76. The molecule has 5 aliphatic rings. The maximum atomic E-state index is 13.7. The molecule has 1 unspecified atom stereocenters. The number of carbonyl (C=O) groups is 4. The normalized spacial score (nSPS) is 24.4. The van der Waals surface area contributed by atoms with E-state index < -0.39 is 54.4 Å². The van der Waals surface area contributed by atoms with Gasteiger partial charge in [-0.25, -0.2) is 9.97 Å².